The largest absolute Gasteiger partial charge is 0.399 e. The molecule has 2 aliphatic rings. The summed E-state index contributed by atoms with van der Waals surface area (Å²) in [5, 5.41) is 3.61. The third kappa shape index (κ3) is 6.28. The first kappa shape index (κ1) is 32.5. The molecule has 0 bridgehead atoms. The zero-order valence-electron chi connectivity index (χ0n) is 24.3. The van der Waals surface area contributed by atoms with Gasteiger partial charge < -0.3 is 24.9 Å². The minimum Gasteiger partial charge on any atom is -0.339 e. The number of carbonyl (C=O) groups is 3. The van der Waals surface area contributed by atoms with Crippen molar-refractivity contribution in [3.63, 3.8) is 0 Å². The maximum Gasteiger partial charge on any atom is 0.399 e. The number of thiophene rings is 1. The van der Waals surface area contributed by atoms with Crippen molar-refractivity contribution in [1.29, 1.82) is 0 Å². The molecule has 1 fully saturated rings. The van der Waals surface area contributed by atoms with Crippen LogP contribution in [0.25, 0.3) is 10.1 Å². The zero-order chi connectivity index (χ0) is 32.2. The summed E-state index contributed by atoms with van der Waals surface area (Å²) in [6, 6.07) is 8.48. The molecule has 1 unspecified atom stereocenters. The number of amides is 3. The fraction of sp³-hybridized carbons (Fsp3) is 0.433. The first-order valence-corrected chi connectivity index (χ1v) is 16.9. The van der Waals surface area contributed by atoms with E-state index in [0.717, 1.165) is 34.6 Å². The Morgan fingerprint density at radius 1 is 1.07 bits per heavy atom. The summed E-state index contributed by atoms with van der Waals surface area (Å²) in [7, 11) is -5.76. The number of halogens is 3. The van der Waals surface area contributed by atoms with Crippen molar-refractivity contribution in [2.75, 3.05) is 13.1 Å². The predicted molar refractivity (Wildman–Crippen MR) is 164 cm³/mol. The molecule has 3 heterocycles. The molecule has 3 N–H and O–H groups in total. The van der Waals surface area contributed by atoms with Gasteiger partial charge in [-0.3, -0.25) is 18.9 Å². The topological polar surface area (TPSA) is 127 Å². The zero-order valence-corrected chi connectivity index (χ0v) is 26.8. The Hall–Kier alpha value is -2.89. The standard InChI is InChI=1S/C30H33ClF2N3O6PS/c1-29(2,3)25(34-26(37)24-15-18-13-20(7-9-23(18)44-24)30(32,33)43(40,41)42)28(39)36-11-4-5-22(36)27(38)35-12-10-17-6-8-21(31)14-19(17)16-35/h6-9,13-15,22,25H,4-5,10-12,16H2,1-3H3,(H,34,37)(H2,40,41,42)/t22-,25?/m0/s1. The van der Waals surface area contributed by atoms with E-state index in [9.17, 15) is 27.7 Å². The SMILES string of the molecule is CC(C)(C)C(NC(=O)c1cc2cc(C(F)(F)P(=O)(O)O)ccc2s1)C(=O)N1CCC[C@H]1C(=O)N1CCc2ccc(Cl)cc2C1. The first-order valence-electron chi connectivity index (χ1n) is 14.1. The van der Waals surface area contributed by atoms with Crippen LogP contribution in [0.4, 0.5) is 8.78 Å². The quantitative estimate of drug-likeness (QED) is 0.298. The Labute approximate surface area is 262 Å². The third-order valence-electron chi connectivity index (χ3n) is 8.15. The molecule has 236 valence electrons. The van der Waals surface area contributed by atoms with E-state index in [4.69, 9.17) is 21.4 Å². The number of likely N-dealkylation sites (tertiary alicyclic amines) is 1. The Morgan fingerprint density at radius 3 is 2.48 bits per heavy atom. The second-order valence-corrected chi connectivity index (χ2v) is 15.5. The summed E-state index contributed by atoms with van der Waals surface area (Å²) >= 11 is 7.18. The van der Waals surface area contributed by atoms with Crippen molar-refractivity contribution in [1.82, 2.24) is 15.1 Å². The van der Waals surface area contributed by atoms with Crippen LogP contribution in [-0.2, 0) is 32.8 Å². The maximum absolute atomic E-state index is 14.3. The summed E-state index contributed by atoms with van der Waals surface area (Å²) in [5.74, 6) is -1.13. The van der Waals surface area contributed by atoms with Crippen LogP contribution in [-0.4, -0.2) is 62.5 Å². The molecule has 0 aliphatic carbocycles. The smallest absolute Gasteiger partial charge is 0.339 e. The highest BCUT2D eigenvalue weighted by molar-refractivity contribution is 7.52. The molecular weight excluding hydrogens is 635 g/mol. The average Bonchev–Trinajstić information content (AvgIpc) is 3.60. The Kier molecular flexibility index (Phi) is 8.72. The number of carbonyl (C=O) groups excluding carboxylic acids is 3. The van der Waals surface area contributed by atoms with E-state index in [1.807, 2.05) is 18.2 Å². The summed E-state index contributed by atoms with van der Waals surface area (Å²) in [5.41, 5.74) is -3.87. The monoisotopic (exact) mass is 667 g/mol. The van der Waals surface area contributed by atoms with Gasteiger partial charge in [0.25, 0.3) is 5.91 Å². The van der Waals surface area contributed by atoms with Crippen molar-refractivity contribution in [3.8, 4) is 0 Å². The van der Waals surface area contributed by atoms with Crippen molar-refractivity contribution in [2.45, 2.75) is 64.3 Å². The molecule has 0 saturated carbocycles. The molecule has 1 saturated heterocycles. The van der Waals surface area contributed by atoms with Gasteiger partial charge in [0.05, 0.1) is 4.88 Å². The lowest BCUT2D eigenvalue weighted by Crippen LogP contribution is -2.58. The van der Waals surface area contributed by atoms with E-state index in [2.05, 4.69) is 5.32 Å². The van der Waals surface area contributed by atoms with Crippen LogP contribution in [0.1, 0.15) is 60.0 Å². The fourth-order valence-electron chi connectivity index (χ4n) is 5.74. The van der Waals surface area contributed by atoms with Crippen molar-refractivity contribution in [3.05, 3.63) is 69.1 Å². The van der Waals surface area contributed by atoms with Gasteiger partial charge in [0.15, 0.2) is 0 Å². The molecule has 3 aromatic rings. The van der Waals surface area contributed by atoms with Crippen molar-refractivity contribution >= 4 is 58.3 Å². The van der Waals surface area contributed by atoms with E-state index in [0.29, 0.717) is 48.6 Å². The van der Waals surface area contributed by atoms with Gasteiger partial charge in [0, 0.05) is 34.9 Å². The molecular formula is C30H33ClF2N3O6PS. The van der Waals surface area contributed by atoms with E-state index in [1.54, 1.807) is 30.6 Å². The molecule has 2 aliphatic heterocycles. The number of hydrogen-bond acceptors (Lipinski definition) is 5. The second kappa shape index (κ2) is 11.8. The summed E-state index contributed by atoms with van der Waals surface area (Å²) in [4.78, 5) is 62.7. The normalized spacial score (nSPS) is 18.3. The lowest BCUT2D eigenvalue weighted by Gasteiger charge is -2.37. The number of benzene rings is 2. The number of rotatable bonds is 6. The second-order valence-electron chi connectivity index (χ2n) is 12.3. The Balaban J connectivity index is 1.34. The average molecular weight is 668 g/mol. The number of nitrogens with zero attached hydrogens (tertiary/aromatic N) is 2. The molecule has 44 heavy (non-hydrogen) atoms. The summed E-state index contributed by atoms with van der Waals surface area (Å²) in [6.07, 6.45) is 1.83. The number of nitrogens with one attached hydrogen (secondary N) is 1. The minimum atomic E-state index is -5.76. The Bertz CT molecular complexity index is 1690. The van der Waals surface area contributed by atoms with Crippen molar-refractivity contribution < 1.29 is 37.5 Å². The molecule has 3 amide bonds. The van der Waals surface area contributed by atoms with Gasteiger partial charge >= 0.3 is 13.3 Å². The number of fused-ring (bicyclic) bond motifs is 2. The van der Waals surface area contributed by atoms with Crippen LogP contribution < -0.4 is 5.32 Å². The van der Waals surface area contributed by atoms with Gasteiger partial charge in [-0.15, -0.1) is 11.3 Å². The van der Waals surface area contributed by atoms with E-state index in [-0.39, 0.29) is 22.1 Å². The van der Waals surface area contributed by atoms with E-state index >= 15 is 0 Å². The van der Waals surface area contributed by atoms with Crippen LogP contribution in [0.2, 0.25) is 5.02 Å². The molecule has 14 heteroatoms. The number of hydrogen-bond donors (Lipinski definition) is 3. The highest BCUT2D eigenvalue weighted by atomic mass is 35.5. The molecule has 2 atom stereocenters. The highest BCUT2D eigenvalue weighted by Crippen LogP contribution is 2.59. The van der Waals surface area contributed by atoms with Crippen LogP contribution in [0.3, 0.4) is 0 Å². The molecule has 5 rings (SSSR count). The predicted octanol–water partition coefficient (Wildman–Crippen LogP) is 5.50. The lowest BCUT2D eigenvalue weighted by atomic mass is 9.85. The van der Waals surface area contributed by atoms with E-state index < -0.39 is 42.2 Å². The van der Waals surface area contributed by atoms with E-state index in [1.165, 1.54) is 12.1 Å². The molecule has 0 radical (unpaired) electrons. The summed E-state index contributed by atoms with van der Waals surface area (Å²) in [6.45, 7) is 6.70. The molecule has 2 aromatic carbocycles. The molecule has 9 nitrogen and oxygen atoms in total. The van der Waals surface area contributed by atoms with Gasteiger partial charge in [-0.25, -0.2) is 0 Å². The first-order chi connectivity index (χ1) is 20.5. The van der Waals surface area contributed by atoms with Gasteiger partial charge in [0.1, 0.15) is 12.1 Å². The Morgan fingerprint density at radius 2 is 1.80 bits per heavy atom. The van der Waals surface area contributed by atoms with Crippen LogP contribution in [0.5, 0.6) is 0 Å². The maximum atomic E-state index is 14.3. The van der Waals surface area contributed by atoms with Crippen LogP contribution in [0.15, 0.2) is 42.5 Å². The van der Waals surface area contributed by atoms with Crippen LogP contribution in [0, 0.1) is 5.41 Å². The van der Waals surface area contributed by atoms with Gasteiger partial charge in [0.2, 0.25) is 11.8 Å². The minimum absolute atomic E-state index is 0.137. The fourth-order valence-corrected chi connectivity index (χ4v) is 7.36. The van der Waals surface area contributed by atoms with Crippen molar-refractivity contribution in [2.24, 2.45) is 5.41 Å². The molecule has 1 aromatic heterocycles. The lowest BCUT2D eigenvalue weighted by molar-refractivity contribution is -0.146. The number of alkyl halides is 2. The highest BCUT2D eigenvalue weighted by Gasteiger charge is 2.50. The third-order valence-corrected chi connectivity index (χ3v) is 10.5. The van der Waals surface area contributed by atoms with Gasteiger partial charge in [-0.05, 0) is 71.5 Å². The van der Waals surface area contributed by atoms with Gasteiger partial charge in [-0.1, -0.05) is 44.5 Å². The summed E-state index contributed by atoms with van der Waals surface area (Å²) < 4.78 is 40.3. The van der Waals surface area contributed by atoms with Gasteiger partial charge in [-0.2, -0.15) is 8.78 Å². The van der Waals surface area contributed by atoms with Crippen LogP contribution >= 0.6 is 30.5 Å². The molecule has 0 spiro atoms.